The Morgan fingerprint density at radius 2 is 2.21 bits per heavy atom. The number of aromatic nitrogens is 2. The lowest BCUT2D eigenvalue weighted by molar-refractivity contribution is -0.144. The number of aryl methyl sites for hydroxylation is 1. The molecule has 0 radical (unpaired) electrons. The quantitative estimate of drug-likeness (QED) is 0.843. The van der Waals surface area contributed by atoms with Gasteiger partial charge in [0.05, 0.1) is 17.7 Å². The van der Waals surface area contributed by atoms with Gasteiger partial charge in [-0.25, -0.2) is 9.37 Å². The van der Waals surface area contributed by atoms with E-state index in [1.165, 1.54) is 18.9 Å². The molecule has 1 aromatic carbocycles. The third-order valence-corrected chi connectivity index (χ3v) is 3.45. The first-order valence-corrected chi connectivity index (χ1v) is 6.26. The summed E-state index contributed by atoms with van der Waals surface area (Å²) >= 11 is 0. The maximum atomic E-state index is 13.5. The Bertz CT molecular complexity index is 605. The number of hydrogen-bond acceptors (Lipinski definition) is 2. The molecule has 0 unspecified atom stereocenters. The van der Waals surface area contributed by atoms with Gasteiger partial charge in [-0.05, 0) is 42.0 Å². The van der Waals surface area contributed by atoms with E-state index in [2.05, 4.69) is 9.93 Å². The molecule has 1 aliphatic carbocycles. The van der Waals surface area contributed by atoms with Gasteiger partial charge in [-0.15, -0.1) is 0 Å². The highest BCUT2D eigenvalue weighted by atomic mass is 19.3. The van der Waals surface area contributed by atoms with E-state index in [0.29, 0.717) is 22.7 Å². The Balaban J connectivity index is 2.03. The Kier molecular flexibility index (Phi) is 3.06. The molecular formula is C14H14F2N2O. The van der Waals surface area contributed by atoms with Gasteiger partial charge in [0.25, 0.3) is 0 Å². The second kappa shape index (κ2) is 4.74. The number of imidazole rings is 1. The van der Waals surface area contributed by atoms with Crippen molar-refractivity contribution in [2.24, 2.45) is 0 Å². The minimum absolute atomic E-state index is 0.274. The molecule has 1 saturated carbocycles. The highest BCUT2D eigenvalue weighted by molar-refractivity contribution is 5.44. The van der Waals surface area contributed by atoms with Crippen LogP contribution in [0.4, 0.5) is 8.92 Å². The van der Waals surface area contributed by atoms with E-state index in [9.17, 15) is 8.92 Å². The summed E-state index contributed by atoms with van der Waals surface area (Å²) in [5, 5.41) is 0. The highest BCUT2D eigenvalue weighted by Crippen LogP contribution is 2.39. The minimum Gasteiger partial charge on any atom is -0.306 e. The predicted octanol–water partition coefficient (Wildman–Crippen LogP) is 3.60. The van der Waals surface area contributed by atoms with Crippen molar-refractivity contribution in [2.75, 3.05) is 0 Å². The smallest absolute Gasteiger partial charge is 0.126 e. The summed E-state index contributed by atoms with van der Waals surface area (Å²) in [5.41, 5.74) is 2.72. The average Bonchev–Trinajstić information content (AvgIpc) is 3.12. The number of rotatable bonds is 4. The molecule has 0 atom stereocenters. The zero-order valence-electron chi connectivity index (χ0n) is 10.6. The van der Waals surface area contributed by atoms with Crippen molar-refractivity contribution >= 4 is 0 Å². The molecule has 5 heteroatoms. The van der Waals surface area contributed by atoms with Gasteiger partial charge in [0.15, 0.2) is 0 Å². The van der Waals surface area contributed by atoms with Crippen molar-refractivity contribution < 1.29 is 13.9 Å². The number of benzene rings is 1. The molecule has 0 bridgehead atoms. The summed E-state index contributed by atoms with van der Waals surface area (Å²) in [7, 11) is 0. The van der Waals surface area contributed by atoms with Crippen LogP contribution in [0.2, 0.25) is 0 Å². The van der Waals surface area contributed by atoms with Gasteiger partial charge in [-0.1, -0.05) is 0 Å². The first kappa shape index (κ1) is 12.3. The zero-order valence-corrected chi connectivity index (χ0v) is 10.6. The molecule has 0 N–H and O–H groups in total. The molecule has 1 aromatic heterocycles. The van der Waals surface area contributed by atoms with Crippen LogP contribution in [0.1, 0.15) is 35.6 Å². The average molecular weight is 264 g/mol. The van der Waals surface area contributed by atoms with Crippen molar-refractivity contribution in [2.45, 2.75) is 32.3 Å². The lowest BCUT2D eigenvalue weighted by Crippen LogP contribution is -2.01. The lowest BCUT2D eigenvalue weighted by atomic mass is 10.1. The van der Waals surface area contributed by atoms with Gasteiger partial charge in [0.2, 0.25) is 0 Å². The Hall–Kier alpha value is -1.75. The van der Waals surface area contributed by atoms with E-state index < -0.39 is 0 Å². The van der Waals surface area contributed by atoms with E-state index in [1.54, 1.807) is 23.9 Å². The fraction of sp³-hybridized carbons (Fsp3) is 0.357. The summed E-state index contributed by atoms with van der Waals surface area (Å²) in [4.78, 5) is 7.99. The Morgan fingerprint density at radius 3 is 2.89 bits per heavy atom. The fourth-order valence-corrected chi connectivity index (χ4v) is 2.18. The maximum absolute atomic E-state index is 13.5. The van der Waals surface area contributed by atoms with Gasteiger partial charge in [-0.3, -0.25) is 0 Å². The van der Waals surface area contributed by atoms with Crippen molar-refractivity contribution in [1.82, 2.24) is 9.55 Å². The largest absolute Gasteiger partial charge is 0.306 e. The SMILES string of the molecule is Cc1cc(-n2cnc(C3CC3)c2)c(COF)cc1F. The third-order valence-electron chi connectivity index (χ3n) is 3.45. The molecule has 1 heterocycles. The minimum atomic E-state index is -0.363. The number of nitrogens with zero attached hydrogens (tertiary/aromatic N) is 2. The van der Waals surface area contributed by atoms with E-state index in [0.717, 1.165) is 5.69 Å². The van der Waals surface area contributed by atoms with Crippen molar-refractivity contribution in [3.8, 4) is 5.69 Å². The first-order chi connectivity index (χ1) is 9.19. The molecule has 3 nitrogen and oxygen atoms in total. The van der Waals surface area contributed by atoms with Crippen LogP contribution < -0.4 is 0 Å². The van der Waals surface area contributed by atoms with Crippen LogP contribution in [0.3, 0.4) is 0 Å². The monoisotopic (exact) mass is 264 g/mol. The van der Waals surface area contributed by atoms with Crippen LogP contribution in [0.5, 0.6) is 0 Å². The van der Waals surface area contributed by atoms with Crippen LogP contribution in [0.15, 0.2) is 24.7 Å². The van der Waals surface area contributed by atoms with E-state index >= 15 is 0 Å². The van der Waals surface area contributed by atoms with Crippen LogP contribution in [0.25, 0.3) is 5.69 Å². The standard InChI is InChI=1S/C14H14F2N2O/c1-9-4-14(11(7-19-16)5-12(9)15)18-6-13(17-8-18)10-2-3-10/h4-6,8,10H,2-3,7H2,1H3. The molecule has 0 amide bonds. The molecule has 1 aliphatic rings. The molecular weight excluding hydrogens is 250 g/mol. The van der Waals surface area contributed by atoms with Crippen molar-refractivity contribution in [3.63, 3.8) is 0 Å². The molecule has 1 fully saturated rings. The zero-order chi connectivity index (χ0) is 13.4. The second-order valence-corrected chi connectivity index (χ2v) is 4.96. The Labute approximate surface area is 109 Å². The first-order valence-electron chi connectivity index (χ1n) is 6.26. The number of hydrogen-bond donors (Lipinski definition) is 0. The van der Waals surface area contributed by atoms with E-state index in [1.807, 2.05) is 6.20 Å². The highest BCUT2D eigenvalue weighted by Gasteiger charge is 2.26. The van der Waals surface area contributed by atoms with Gasteiger partial charge in [0.1, 0.15) is 12.4 Å². The van der Waals surface area contributed by atoms with E-state index in [-0.39, 0.29) is 12.4 Å². The Morgan fingerprint density at radius 1 is 1.42 bits per heavy atom. The fourth-order valence-electron chi connectivity index (χ4n) is 2.18. The van der Waals surface area contributed by atoms with Crippen molar-refractivity contribution in [3.05, 3.63) is 47.3 Å². The molecule has 0 aliphatic heterocycles. The topological polar surface area (TPSA) is 27.1 Å². The van der Waals surface area contributed by atoms with Crippen LogP contribution in [-0.4, -0.2) is 9.55 Å². The summed E-state index contributed by atoms with van der Waals surface area (Å²) in [6, 6.07) is 2.99. The molecule has 0 saturated heterocycles. The van der Waals surface area contributed by atoms with E-state index in [4.69, 9.17) is 0 Å². The van der Waals surface area contributed by atoms with Crippen LogP contribution >= 0.6 is 0 Å². The van der Waals surface area contributed by atoms with Gasteiger partial charge >= 0.3 is 0 Å². The van der Waals surface area contributed by atoms with Gasteiger partial charge in [0, 0.05) is 17.7 Å². The number of halogens is 2. The van der Waals surface area contributed by atoms with Crippen molar-refractivity contribution in [1.29, 1.82) is 0 Å². The van der Waals surface area contributed by atoms with Gasteiger partial charge in [-0.2, -0.15) is 4.94 Å². The maximum Gasteiger partial charge on any atom is 0.126 e. The lowest BCUT2D eigenvalue weighted by Gasteiger charge is -2.10. The van der Waals surface area contributed by atoms with Crippen LogP contribution in [0, 0.1) is 12.7 Å². The summed E-state index contributed by atoms with van der Waals surface area (Å²) < 4.78 is 27.4. The molecule has 3 rings (SSSR count). The molecule has 100 valence electrons. The predicted molar refractivity (Wildman–Crippen MR) is 66.1 cm³/mol. The summed E-state index contributed by atoms with van der Waals surface area (Å²) in [5.74, 6) is 0.182. The van der Waals surface area contributed by atoms with Gasteiger partial charge < -0.3 is 4.57 Å². The molecule has 2 aromatic rings. The summed E-state index contributed by atoms with van der Waals surface area (Å²) in [6.45, 7) is 1.40. The normalized spacial score (nSPS) is 14.9. The summed E-state index contributed by atoms with van der Waals surface area (Å²) in [6.07, 6.45) is 5.94. The molecule has 0 spiro atoms. The van der Waals surface area contributed by atoms with Crippen LogP contribution in [-0.2, 0) is 11.5 Å². The third kappa shape index (κ3) is 2.38. The second-order valence-electron chi connectivity index (χ2n) is 4.96. The molecule has 19 heavy (non-hydrogen) atoms.